The molecule has 0 fully saturated rings. The molecule has 0 bridgehead atoms. The summed E-state index contributed by atoms with van der Waals surface area (Å²) in [6, 6.07) is 24.6. The molecule has 0 aliphatic heterocycles. The lowest BCUT2D eigenvalue weighted by atomic mass is 10.2. The van der Waals surface area contributed by atoms with Crippen LogP contribution in [-0.4, -0.2) is 26.8 Å². The molecule has 0 aliphatic rings. The molecule has 0 saturated heterocycles. The summed E-state index contributed by atoms with van der Waals surface area (Å²) in [5.41, 5.74) is 1.72. The van der Waals surface area contributed by atoms with Crippen molar-refractivity contribution < 1.29 is 14.5 Å². The highest BCUT2D eigenvalue weighted by Crippen LogP contribution is 2.24. The Labute approximate surface area is 246 Å². The Bertz CT molecular complexity index is 1900. The summed E-state index contributed by atoms with van der Waals surface area (Å²) in [7, 11) is 0. The van der Waals surface area contributed by atoms with E-state index in [1.807, 2.05) is 0 Å². The number of benzene rings is 4. The SMILES string of the molecule is O=C(/C=C/c1ccc([N+](=O)[O-])cc1)Oc1ccc(Br)cc1C=Nn1c(-c2ccc(Cl)cc2)nc2ccccc2c1=O. The molecule has 0 unspecified atom stereocenters. The van der Waals surface area contributed by atoms with Gasteiger partial charge in [0.25, 0.3) is 11.2 Å². The van der Waals surface area contributed by atoms with Crippen LogP contribution in [0.5, 0.6) is 5.75 Å². The number of ether oxygens (including phenoxy) is 1. The van der Waals surface area contributed by atoms with Crippen LogP contribution in [0.25, 0.3) is 28.4 Å². The molecule has 0 aliphatic carbocycles. The van der Waals surface area contributed by atoms with Crippen LogP contribution >= 0.6 is 27.5 Å². The number of halogens is 2. The minimum Gasteiger partial charge on any atom is -0.423 e. The molecule has 11 heteroatoms. The van der Waals surface area contributed by atoms with Crippen LogP contribution in [0.4, 0.5) is 5.69 Å². The van der Waals surface area contributed by atoms with Crippen LogP contribution in [0.1, 0.15) is 11.1 Å². The zero-order valence-corrected chi connectivity index (χ0v) is 23.3. The standard InChI is InChI=1S/C30H18BrClN4O5/c31-22-10-15-27(41-28(37)16-7-19-5-13-24(14-6-19)36(39)40)21(17-22)18-33-35-29(20-8-11-23(32)12-9-20)34-26-4-2-1-3-25(26)30(35)38/h1-18H/b16-7+,33-18?. The molecule has 202 valence electrons. The summed E-state index contributed by atoms with van der Waals surface area (Å²) in [6.07, 6.45) is 4.10. The van der Waals surface area contributed by atoms with Crippen LogP contribution in [0, 0.1) is 10.1 Å². The molecule has 0 amide bonds. The van der Waals surface area contributed by atoms with E-state index >= 15 is 0 Å². The number of nitro groups is 1. The first-order valence-electron chi connectivity index (χ1n) is 12.0. The van der Waals surface area contributed by atoms with Crippen molar-refractivity contribution >= 4 is 62.4 Å². The Balaban J connectivity index is 1.48. The van der Waals surface area contributed by atoms with Gasteiger partial charge in [-0.3, -0.25) is 14.9 Å². The van der Waals surface area contributed by atoms with Gasteiger partial charge in [0.05, 0.1) is 22.0 Å². The molecule has 1 heterocycles. The van der Waals surface area contributed by atoms with Gasteiger partial charge in [-0.15, -0.1) is 0 Å². The van der Waals surface area contributed by atoms with Crippen molar-refractivity contribution in [3.8, 4) is 17.1 Å². The fourth-order valence-corrected chi connectivity index (χ4v) is 4.37. The Morgan fingerprint density at radius 3 is 2.49 bits per heavy atom. The first-order chi connectivity index (χ1) is 19.8. The van der Waals surface area contributed by atoms with Crippen LogP contribution in [-0.2, 0) is 4.79 Å². The first-order valence-corrected chi connectivity index (χ1v) is 13.2. The number of hydrogen-bond donors (Lipinski definition) is 0. The normalized spacial score (nSPS) is 11.4. The third kappa shape index (κ3) is 6.46. The summed E-state index contributed by atoms with van der Waals surface area (Å²) in [5.74, 6) is -0.168. The summed E-state index contributed by atoms with van der Waals surface area (Å²) in [4.78, 5) is 41.1. The lowest BCUT2D eigenvalue weighted by Crippen LogP contribution is -2.20. The van der Waals surface area contributed by atoms with Crippen LogP contribution in [0.3, 0.4) is 0 Å². The fourth-order valence-electron chi connectivity index (χ4n) is 3.86. The van der Waals surface area contributed by atoms with Crippen LogP contribution < -0.4 is 10.3 Å². The number of nitro benzene ring substituents is 1. The largest absolute Gasteiger partial charge is 0.423 e. The van der Waals surface area contributed by atoms with Crippen molar-refractivity contribution in [2.24, 2.45) is 5.10 Å². The summed E-state index contributed by atoms with van der Waals surface area (Å²) in [6.45, 7) is 0. The number of rotatable bonds is 7. The van der Waals surface area contributed by atoms with Crippen molar-refractivity contribution in [3.63, 3.8) is 0 Å². The third-order valence-electron chi connectivity index (χ3n) is 5.87. The van der Waals surface area contributed by atoms with Crippen LogP contribution in [0.15, 0.2) is 111 Å². The lowest BCUT2D eigenvalue weighted by Gasteiger charge is -2.10. The molecule has 0 N–H and O–H groups in total. The Morgan fingerprint density at radius 1 is 1.02 bits per heavy atom. The van der Waals surface area contributed by atoms with Gasteiger partial charge in [-0.1, -0.05) is 39.7 Å². The van der Waals surface area contributed by atoms with Crippen molar-refractivity contribution in [2.75, 3.05) is 0 Å². The monoisotopic (exact) mass is 628 g/mol. The van der Waals surface area contributed by atoms with Crippen molar-refractivity contribution in [3.05, 3.63) is 138 Å². The smallest absolute Gasteiger partial charge is 0.336 e. The van der Waals surface area contributed by atoms with Crippen molar-refractivity contribution in [1.29, 1.82) is 0 Å². The predicted octanol–water partition coefficient (Wildman–Crippen LogP) is 6.89. The molecule has 0 spiro atoms. The maximum atomic E-state index is 13.5. The van der Waals surface area contributed by atoms with Gasteiger partial charge in [0.2, 0.25) is 0 Å². The van der Waals surface area contributed by atoms with Gasteiger partial charge in [-0.25, -0.2) is 9.78 Å². The Kier molecular flexibility index (Phi) is 8.14. The second-order valence-electron chi connectivity index (χ2n) is 8.61. The first kappa shape index (κ1) is 27.6. The predicted molar refractivity (Wildman–Crippen MR) is 161 cm³/mol. The third-order valence-corrected chi connectivity index (χ3v) is 6.61. The molecular formula is C30H18BrClN4O5. The minimum atomic E-state index is -0.674. The number of fused-ring (bicyclic) bond motifs is 1. The molecule has 4 aromatic carbocycles. The number of non-ortho nitro benzene ring substituents is 1. The number of carbonyl (C=O) groups is 1. The lowest BCUT2D eigenvalue weighted by molar-refractivity contribution is -0.384. The Hall–Kier alpha value is -4.93. The number of aromatic nitrogens is 2. The van der Waals surface area contributed by atoms with E-state index in [0.29, 0.717) is 42.9 Å². The van der Waals surface area contributed by atoms with E-state index in [4.69, 9.17) is 16.3 Å². The highest BCUT2D eigenvalue weighted by Gasteiger charge is 2.13. The Morgan fingerprint density at radius 2 is 1.76 bits per heavy atom. The van der Waals surface area contributed by atoms with Gasteiger partial charge in [0.1, 0.15) is 5.75 Å². The number of hydrogen-bond acceptors (Lipinski definition) is 7. The summed E-state index contributed by atoms with van der Waals surface area (Å²) >= 11 is 9.47. The summed E-state index contributed by atoms with van der Waals surface area (Å²) in [5, 5.41) is 16.2. The topological polar surface area (TPSA) is 117 Å². The molecule has 1 aromatic heterocycles. The highest BCUT2D eigenvalue weighted by atomic mass is 79.9. The van der Waals surface area contributed by atoms with Crippen molar-refractivity contribution in [2.45, 2.75) is 0 Å². The quantitative estimate of drug-likeness (QED) is 0.0483. The van der Waals surface area contributed by atoms with E-state index in [0.717, 1.165) is 0 Å². The van der Waals surface area contributed by atoms with Gasteiger partial charge in [0.15, 0.2) is 5.82 Å². The number of nitrogens with zero attached hydrogens (tertiary/aromatic N) is 4. The van der Waals surface area contributed by atoms with Gasteiger partial charge < -0.3 is 4.74 Å². The molecule has 5 rings (SSSR count). The van der Waals surface area contributed by atoms with E-state index in [1.54, 1.807) is 66.7 Å². The van der Waals surface area contributed by atoms with Gasteiger partial charge in [0, 0.05) is 38.8 Å². The highest BCUT2D eigenvalue weighted by molar-refractivity contribution is 9.10. The molecular weight excluding hydrogens is 612 g/mol. The number of esters is 1. The van der Waals surface area contributed by atoms with E-state index in [-0.39, 0.29) is 17.0 Å². The zero-order chi connectivity index (χ0) is 28.9. The number of carbonyl (C=O) groups excluding carboxylic acids is 1. The molecule has 5 aromatic rings. The molecule has 41 heavy (non-hydrogen) atoms. The molecule has 0 saturated carbocycles. The minimum absolute atomic E-state index is 0.0524. The number of para-hydroxylation sites is 1. The average Bonchev–Trinajstić information content (AvgIpc) is 2.97. The fraction of sp³-hybridized carbons (Fsp3) is 0. The average molecular weight is 630 g/mol. The molecule has 0 radical (unpaired) electrons. The second kappa shape index (κ2) is 12.1. The van der Waals surface area contributed by atoms with Gasteiger partial charge in [-0.2, -0.15) is 9.78 Å². The molecule has 0 atom stereocenters. The zero-order valence-electron chi connectivity index (χ0n) is 21.0. The van der Waals surface area contributed by atoms with E-state index in [2.05, 4.69) is 26.0 Å². The van der Waals surface area contributed by atoms with E-state index < -0.39 is 10.9 Å². The van der Waals surface area contributed by atoms with Crippen molar-refractivity contribution in [1.82, 2.24) is 9.66 Å². The maximum absolute atomic E-state index is 13.5. The van der Waals surface area contributed by atoms with Gasteiger partial charge in [-0.05, 0) is 78.4 Å². The van der Waals surface area contributed by atoms with Gasteiger partial charge >= 0.3 is 5.97 Å². The van der Waals surface area contributed by atoms with E-state index in [9.17, 15) is 19.7 Å². The maximum Gasteiger partial charge on any atom is 0.336 e. The van der Waals surface area contributed by atoms with Crippen LogP contribution in [0.2, 0.25) is 5.02 Å². The molecule has 9 nitrogen and oxygen atoms in total. The van der Waals surface area contributed by atoms with E-state index in [1.165, 1.54) is 47.3 Å². The second-order valence-corrected chi connectivity index (χ2v) is 9.96. The summed E-state index contributed by atoms with van der Waals surface area (Å²) < 4.78 is 7.42.